The van der Waals surface area contributed by atoms with Crippen LogP contribution in [-0.4, -0.2) is 32.1 Å². The number of ketones is 1. The van der Waals surface area contributed by atoms with Crippen LogP contribution in [0.5, 0.6) is 11.5 Å². The zero-order valence-electron chi connectivity index (χ0n) is 10.1. The molecule has 0 amide bonds. The monoisotopic (exact) mass is 318 g/mol. The number of rotatable bonds is 4. The molecule has 9 heteroatoms. The maximum absolute atomic E-state index is 13.0. The fourth-order valence-electron chi connectivity index (χ4n) is 1.37. The van der Waals surface area contributed by atoms with Gasteiger partial charge in [0.05, 0.1) is 19.8 Å². The van der Waals surface area contributed by atoms with E-state index in [-0.39, 0.29) is 10.8 Å². The minimum Gasteiger partial charge on any atom is -0.495 e. The molecule has 3 nitrogen and oxygen atoms in total. The number of Topliss-reactive ketones (excluding diaryl/α,β-unsaturated/α-hetero) is 1. The second kappa shape index (κ2) is 5.43. The molecule has 0 unspecified atom stereocenters. The van der Waals surface area contributed by atoms with Gasteiger partial charge in [-0.1, -0.05) is 11.6 Å². The van der Waals surface area contributed by atoms with Gasteiger partial charge < -0.3 is 9.47 Å². The molecule has 0 aliphatic heterocycles. The Morgan fingerprint density at radius 3 is 2.05 bits per heavy atom. The van der Waals surface area contributed by atoms with Crippen LogP contribution in [0.15, 0.2) is 12.1 Å². The highest BCUT2D eigenvalue weighted by Gasteiger charge is 2.63. The third-order valence-corrected chi connectivity index (χ3v) is 2.73. The molecule has 0 saturated heterocycles. The predicted molar refractivity (Wildman–Crippen MR) is 59.9 cm³/mol. The molecule has 0 aliphatic rings. The van der Waals surface area contributed by atoms with Crippen molar-refractivity contribution in [1.29, 1.82) is 0 Å². The lowest BCUT2D eigenvalue weighted by Crippen LogP contribution is -2.44. The highest BCUT2D eigenvalue weighted by molar-refractivity contribution is 6.34. The van der Waals surface area contributed by atoms with Crippen molar-refractivity contribution in [2.45, 2.75) is 12.1 Å². The second-order valence-corrected chi connectivity index (χ2v) is 3.94. The summed E-state index contributed by atoms with van der Waals surface area (Å²) in [4.78, 5) is 11.4. The van der Waals surface area contributed by atoms with Crippen molar-refractivity contribution < 1.29 is 36.2 Å². The highest BCUT2D eigenvalue weighted by Crippen LogP contribution is 2.43. The average Bonchev–Trinajstić information content (AvgIpc) is 2.36. The SMILES string of the molecule is COc1ccc(C(=O)C(F)(F)C(F)(F)F)c(OC)c1Cl. The van der Waals surface area contributed by atoms with Gasteiger partial charge in [0.1, 0.15) is 10.8 Å². The number of hydrogen-bond donors (Lipinski definition) is 0. The van der Waals surface area contributed by atoms with E-state index in [1.54, 1.807) is 0 Å². The van der Waals surface area contributed by atoms with Gasteiger partial charge in [0.15, 0.2) is 5.75 Å². The first-order valence-corrected chi connectivity index (χ1v) is 5.35. The third-order valence-electron chi connectivity index (χ3n) is 2.37. The van der Waals surface area contributed by atoms with E-state index in [0.29, 0.717) is 0 Å². The van der Waals surface area contributed by atoms with Gasteiger partial charge in [0.25, 0.3) is 0 Å². The zero-order valence-corrected chi connectivity index (χ0v) is 10.9. The van der Waals surface area contributed by atoms with Crippen LogP contribution >= 0.6 is 11.6 Å². The first kappa shape index (κ1) is 16.5. The summed E-state index contributed by atoms with van der Waals surface area (Å²) in [6, 6.07) is 1.72. The van der Waals surface area contributed by atoms with Gasteiger partial charge in [-0.2, -0.15) is 22.0 Å². The summed E-state index contributed by atoms with van der Waals surface area (Å²) in [5, 5.41) is -0.376. The first-order chi connectivity index (χ1) is 9.07. The number of alkyl halides is 5. The molecule has 0 saturated carbocycles. The maximum Gasteiger partial charge on any atom is 0.461 e. The second-order valence-electron chi connectivity index (χ2n) is 3.56. The smallest absolute Gasteiger partial charge is 0.461 e. The van der Waals surface area contributed by atoms with E-state index < -0.39 is 29.2 Å². The topological polar surface area (TPSA) is 35.5 Å². The van der Waals surface area contributed by atoms with Gasteiger partial charge in [0.2, 0.25) is 5.78 Å². The molecular formula is C11H8ClF5O3. The molecular weight excluding hydrogens is 311 g/mol. The van der Waals surface area contributed by atoms with Gasteiger partial charge in [-0.3, -0.25) is 4.79 Å². The lowest BCUT2D eigenvalue weighted by molar-refractivity contribution is -0.255. The Morgan fingerprint density at radius 2 is 1.65 bits per heavy atom. The van der Waals surface area contributed by atoms with Gasteiger partial charge in [0, 0.05) is 0 Å². The molecule has 112 valence electrons. The summed E-state index contributed by atoms with van der Waals surface area (Å²) in [6.07, 6.45) is -6.01. The van der Waals surface area contributed by atoms with Crippen molar-refractivity contribution >= 4 is 17.4 Å². The van der Waals surface area contributed by atoms with Crippen molar-refractivity contribution in [2.75, 3.05) is 14.2 Å². The van der Waals surface area contributed by atoms with Crippen LogP contribution in [-0.2, 0) is 0 Å². The number of ether oxygens (including phenoxy) is 2. The molecule has 1 rings (SSSR count). The van der Waals surface area contributed by atoms with Crippen LogP contribution < -0.4 is 9.47 Å². The van der Waals surface area contributed by atoms with E-state index in [1.165, 1.54) is 7.11 Å². The predicted octanol–water partition coefficient (Wildman–Crippen LogP) is 3.74. The van der Waals surface area contributed by atoms with Crippen molar-refractivity contribution in [3.05, 3.63) is 22.7 Å². The van der Waals surface area contributed by atoms with E-state index in [0.717, 1.165) is 19.2 Å². The van der Waals surface area contributed by atoms with Crippen molar-refractivity contribution in [2.24, 2.45) is 0 Å². The zero-order chi connectivity index (χ0) is 15.7. The van der Waals surface area contributed by atoms with Crippen molar-refractivity contribution in [3.8, 4) is 11.5 Å². The minimum atomic E-state index is -6.01. The van der Waals surface area contributed by atoms with Gasteiger partial charge in [-0.15, -0.1) is 0 Å². The molecule has 0 radical (unpaired) electrons. The number of benzene rings is 1. The molecule has 0 atom stereocenters. The number of halogens is 6. The van der Waals surface area contributed by atoms with Crippen LogP contribution in [0, 0.1) is 0 Å². The Bertz CT molecular complexity index is 528. The van der Waals surface area contributed by atoms with Gasteiger partial charge in [-0.25, -0.2) is 0 Å². The Kier molecular flexibility index (Phi) is 4.48. The lowest BCUT2D eigenvalue weighted by Gasteiger charge is -2.20. The van der Waals surface area contributed by atoms with E-state index in [9.17, 15) is 26.7 Å². The fourth-order valence-corrected chi connectivity index (χ4v) is 1.69. The first-order valence-electron chi connectivity index (χ1n) is 4.97. The van der Waals surface area contributed by atoms with Crippen molar-refractivity contribution in [3.63, 3.8) is 0 Å². The number of carbonyl (C=O) groups excluding carboxylic acids is 1. The van der Waals surface area contributed by atoms with E-state index >= 15 is 0 Å². The summed E-state index contributed by atoms with van der Waals surface area (Å²) in [5.41, 5.74) is -0.986. The van der Waals surface area contributed by atoms with E-state index in [2.05, 4.69) is 4.74 Å². The summed E-state index contributed by atoms with van der Waals surface area (Å²) in [7, 11) is 2.18. The minimum absolute atomic E-state index is 0.0320. The fraction of sp³-hybridized carbons (Fsp3) is 0.364. The Hall–Kier alpha value is -1.57. The number of methoxy groups -OCH3 is 2. The normalized spacial score (nSPS) is 12.2. The molecule has 1 aromatic rings. The number of hydrogen-bond acceptors (Lipinski definition) is 3. The summed E-state index contributed by atoms with van der Waals surface area (Å²) < 4.78 is 72.0. The van der Waals surface area contributed by atoms with Gasteiger partial charge >= 0.3 is 12.1 Å². The molecule has 0 heterocycles. The van der Waals surface area contributed by atoms with Crippen LogP contribution in [0.4, 0.5) is 22.0 Å². The molecule has 0 fully saturated rings. The molecule has 20 heavy (non-hydrogen) atoms. The molecule has 1 aromatic carbocycles. The molecule has 0 aliphatic carbocycles. The Morgan fingerprint density at radius 1 is 1.10 bits per heavy atom. The molecule has 0 aromatic heterocycles. The Balaban J connectivity index is 3.41. The van der Waals surface area contributed by atoms with Crippen LogP contribution in [0.25, 0.3) is 0 Å². The maximum atomic E-state index is 13.0. The standard InChI is InChI=1S/C11H8ClF5O3/c1-19-6-4-3-5(8(20-2)7(6)12)9(18)10(13,14)11(15,16)17/h3-4H,1-2H3. The van der Waals surface area contributed by atoms with Crippen LogP contribution in [0.1, 0.15) is 10.4 Å². The number of carbonyl (C=O) groups is 1. The molecule has 0 N–H and O–H groups in total. The van der Waals surface area contributed by atoms with Crippen LogP contribution in [0.3, 0.4) is 0 Å². The highest BCUT2D eigenvalue weighted by atomic mass is 35.5. The third kappa shape index (κ3) is 2.65. The Labute approximate surface area is 115 Å². The summed E-state index contributed by atoms with van der Waals surface area (Å²) in [6.45, 7) is 0. The lowest BCUT2D eigenvalue weighted by atomic mass is 10.0. The van der Waals surface area contributed by atoms with Crippen molar-refractivity contribution in [1.82, 2.24) is 0 Å². The molecule has 0 bridgehead atoms. The average molecular weight is 319 g/mol. The molecule has 0 spiro atoms. The van der Waals surface area contributed by atoms with Crippen LogP contribution in [0.2, 0.25) is 5.02 Å². The van der Waals surface area contributed by atoms with E-state index in [1.807, 2.05) is 0 Å². The largest absolute Gasteiger partial charge is 0.495 e. The quantitative estimate of drug-likeness (QED) is 0.627. The van der Waals surface area contributed by atoms with E-state index in [4.69, 9.17) is 16.3 Å². The van der Waals surface area contributed by atoms with Gasteiger partial charge in [-0.05, 0) is 12.1 Å². The summed E-state index contributed by atoms with van der Waals surface area (Å²) in [5.74, 6) is -8.64. The summed E-state index contributed by atoms with van der Waals surface area (Å²) >= 11 is 5.69.